The van der Waals surface area contributed by atoms with Crippen molar-refractivity contribution in [2.75, 3.05) is 0 Å². The molecule has 4 aromatic carbocycles. The molecule has 0 N–H and O–H groups in total. The Hall–Kier alpha value is -2.34. The third kappa shape index (κ3) is 1.61. The van der Waals surface area contributed by atoms with Crippen LogP contribution >= 0.6 is 0 Å². The average Bonchev–Trinajstić information content (AvgIpc) is 2.47. The zero-order valence-corrected chi connectivity index (χ0v) is 11.8. The molecule has 0 nitrogen and oxygen atoms in total. The minimum atomic E-state index is 1.31. The van der Waals surface area contributed by atoms with Crippen LogP contribution in [0.1, 0.15) is 11.1 Å². The molecule has 0 saturated carbocycles. The number of aryl methyl sites for hydroxylation is 2. The van der Waals surface area contributed by atoms with Gasteiger partial charge in [0.2, 0.25) is 0 Å². The molecule has 0 atom stereocenters. The van der Waals surface area contributed by atoms with Gasteiger partial charge in [-0.25, -0.2) is 0 Å². The second kappa shape index (κ2) is 4.08. The van der Waals surface area contributed by atoms with Crippen molar-refractivity contribution in [1.29, 1.82) is 0 Å². The van der Waals surface area contributed by atoms with Crippen LogP contribution in [-0.2, 0) is 0 Å². The van der Waals surface area contributed by atoms with E-state index in [2.05, 4.69) is 74.5 Å². The molecule has 0 bridgehead atoms. The highest BCUT2D eigenvalue weighted by Gasteiger charge is 2.06. The lowest BCUT2D eigenvalue weighted by atomic mass is 9.94. The predicted octanol–water partition coefficient (Wildman–Crippen LogP) is 5.76. The van der Waals surface area contributed by atoms with E-state index >= 15 is 0 Å². The normalized spacial score (nSPS) is 11.5. The van der Waals surface area contributed by atoms with Gasteiger partial charge in [0.25, 0.3) is 0 Å². The summed E-state index contributed by atoms with van der Waals surface area (Å²) in [6.45, 7) is 4.36. The minimum absolute atomic E-state index is 1.31. The van der Waals surface area contributed by atoms with Gasteiger partial charge in [-0.15, -0.1) is 0 Å². The maximum absolute atomic E-state index is 2.33. The largest absolute Gasteiger partial charge is 0.0616 e. The van der Waals surface area contributed by atoms with Crippen molar-refractivity contribution in [2.45, 2.75) is 13.8 Å². The molecule has 96 valence electrons. The molecular formula is C20H16. The summed E-state index contributed by atoms with van der Waals surface area (Å²) in [5.41, 5.74) is 2.66. The van der Waals surface area contributed by atoms with Crippen LogP contribution in [0, 0.1) is 13.8 Å². The summed E-state index contributed by atoms with van der Waals surface area (Å²) >= 11 is 0. The number of hydrogen-bond donors (Lipinski definition) is 0. The first-order valence-corrected chi connectivity index (χ1v) is 7.05. The van der Waals surface area contributed by atoms with Crippen molar-refractivity contribution in [3.05, 3.63) is 71.8 Å². The number of rotatable bonds is 0. The van der Waals surface area contributed by atoms with Crippen molar-refractivity contribution in [2.24, 2.45) is 0 Å². The fraction of sp³-hybridized carbons (Fsp3) is 0.100. The third-order valence-electron chi connectivity index (χ3n) is 4.18. The molecule has 0 fully saturated rings. The van der Waals surface area contributed by atoms with Crippen LogP contribution in [0.4, 0.5) is 0 Å². The molecule has 0 aliphatic heterocycles. The van der Waals surface area contributed by atoms with Gasteiger partial charge >= 0.3 is 0 Å². The number of hydrogen-bond acceptors (Lipinski definition) is 0. The Bertz CT molecular complexity index is 962. The highest BCUT2D eigenvalue weighted by Crippen LogP contribution is 2.32. The van der Waals surface area contributed by atoms with E-state index in [0.29, 0.717) is 0 Å². The summed E-state index contributed by atoms with van der Waals surface area (Å²) in [6, 6.07) is 22.3. The van der Waals surface area contributed by atoms with E-state index in [1.807, 2.05) is 0 Å². The molecule has 0 aliphatic rings. The highest BCUT2D eigenvalue weighted by atomic mass is 14.1. The van der Waals surface area contributed by atoms with Crippen LogP contribution in [0.2, 0.25) is 0 Å². The van der Waals surface area contributed by atoms with E-state index < -0.39 is 0 Å². The van der Waals surface area contributed by atoms with Gasteiger partial charge in [-0.1, -0.05) is 54.1 Å². The van der Waals surface area contributed by atoms with Crippen molar-refractivity contribution in [1.82, 2.24) is 0 Å². The summed E-state index contributed by atoms with van der Waals surface area (Å²) in [5.74, 6) is 0. The molecular weight excluding hydrogens is 240 g/mol. The maximum Gasteiger partial charge on any atom is -0.00963 e. The van der Waals surface area contributed by atoms with E-state index in [1.165, 1.54) is 43.4 Å². The fourth-order valence-electron chi connectivity index (χ4n) is 3.13. The van der Waals surface area contributed by atoms with Gasteiger partial charge in [0.15, 0.2) is 0 Å². The van der Waals surface area contributed by atoms with Gasteiger partial charge in [0.05, 0.1) is 0 Å². The Labute approximate surface area is 118 Å². The van der Waals surface area contributed by atoms with Crippen LogP contribution in [-0.4, -0.2) is 0 Å². The van der Waals surface area contributed by atoms with Crippen molar-refractivity contribution >= 4 is 32.3 Å². The molecule has 4 rings (SSSR count). The first-order chi connectivity index (χ1) is 9.72. The molecule has 0 spiro atoms. The molecule has 0 aliphatic carbocycles. The van der Waals surface area contributed by atoms with E-state index in [0.717, 1.165) is 0 Å². The first-order valence-electron chi connectivity index (χ1n) is 7.05. The highest BCUT2D eigenvalue weighted by molar-refractivity contribution is 6.13. The number of fused-ring (bicyclic) bond motifs is 4. The predicted molar refractivity (Wildman–Crippen MR) is 88.4 cm³/mol. The lowest BCUT2D eigenvalue weighted by molar-refractivity contribution is 1.50. The van der Waals surface area contributed by atoms with E-state index in [9.17, 15) is 0 Å². The van der Waals surface area contributed by atoms with Gasteiger partial charge in [-0.05, 0) is 63.9 Å². The molecule has 20 heavy (non-hydrogen) atoms. The summed E-state index contributed by atoms with van der Waals surface area (Å²) in [7, 11) is 0. The standard InChI is InChI=1S/C20H16/c1-13-7-8-17-10-14(2)18-11-15-5-3-4-6-16(15)12-20(18)19(17)9-13/h3-12H,1-2H3. The molecule has 0 radical (unpaired) electrons. The SMILES string of the molecule is Cc1ccc2cc(C)c3cc4ccccc4cc3c2c1. The zero-order chi connectivity index (χ0) is 13.7. The Morgan fingerprint density at radius 1 is 0.550 bits per heavy atom. The molecule has 0 heteroatoms. The molecule has 0 amide bonds. The smallest absolute Gasteiger partial charge is 0.00963 e. The lowest BCUT2D eigenvalue weighted by Gasteiger charge is -2.10. The van der Waals surface area contributed by atoms with Gasteiger partial charge < -0.3 is 0 Å². The zero-order valence-electron chi connectivity index (χ0n) is 11.8. The number of benzene rings is 4. The summed E-state index contributed by atoms with van der Waals surface area (Å²) in [6.07, 6.45) is 0. The maximum atomic E-state index is 2.33. The molecule has 4 aromatic rings. The van der Waals surface area contributed by atoms with Crippen molar-refractivity contribution < 1.29 is 0 Å². The van der Waals surface area contributed by atoms with Gasteiger partial charge in [-0.3, -0.25) is 0 Å². The average molecular weight is 256 g/mol. The van der Waals surface area contributed by atoms with Crippen molar-refractivity contribution in [3.63, 3.8) is 0 Å². The topological polar surface area (TPSA) is 0 Å². The van der Waals surface area contributed by atoms with E-state index in [1.54, 1.807) is 0 Å². The Morgan fingerprint density at radius 2 is 1.25 bits per heavy atom. The monoisotopic (exact) mass is 256 g/mol. The second-order valence-electron chi connectivity index (χ2n) is 5.66. The Kier molecular flexibility index (Phi) is 2.34. The molecule has 0 unspecified atom stereocenters. The quantitative estimate of drug-likeness (QED) is 0.277. The second-order valence-corrected chi connectivity index (χ2v) is 5.66. The first kappa shape index (κ1) is 11.5. The minimum Gasteiger partial charge on any atom is -0.0616 e. The van der Waals surface area contributed by atoms with Gasteiger partial charge in [0, 0.05) is 0 Å². The van der Waals surface area contributed by atoms with Gasteiger partial charge in [-0.2, -0.15) is 0 Å². The van der Waals surface area contributed by atoms with Crippen molar-refractivity contribution in [3.8, 4) is 0 Å². The Balaban J connectivity index is 2.29. The van der Waals surface area contributed by atoms with E-state index in [4.69, 9.17) is 0 Å². The van der Waals surface area contributed by atoms with Crippen LogP contribution < -0.4 is 0 Å². The molecule has 0 aromatic heterocycles. The Morgan fingerprint density at radius 3 is 2.00 bits per heavy atom. The fourth-order valence-corrected chi connectivity index (χ4v) is 3.13. The van der Waals surface area contributed by atoms with E-state index in [-0.39, 0.29) is 0 Å². The molecule has 0 heterocycles. The summed E-state index contributed by atoms with van der Waals surface area (Å²) in [4.78, 5) is 0. The summed E-state index contributed by atoms with van der Waals surface area (Å²) in [5, 5.41) is 8.04. The third-order valence-corrected chi connectivity index (χ3v) is 4.18. The van der Waals surface area contributed by atoms with Crippen LogP contribution in [0.15, 0.2) is 60.7 Å². The van der Waals surface area contributed by atoms with Crippen LogP contribution in [0.5, 0.6) is 0 Å². The lowest BCUT2D eigenvalue weighted by Crippen LogP contribution is -1.84. The molecule has 0 saturated heterocycles. The summed E-state index contributed by atoms with van der Waals surface area (Å²) < 4.78 is 0. The van der Waals surface area contributed by atoms with Crippen LogP contribution in [0.25, 0.3) is 32.3 Å². The van der Waals surface area contributed by atoms with Gasteiger partial charge in [0.1, 0.15) is 0 Å². The van der Waals surface area contributed by atoms with Crippen LogP contribution in [0.3, 0.4) is 0 Å².